The first kappa shape index (κ1) is 21.9. The maximum absolute atomic E-state index is 14.1. The molecule has 0 aliphatic heterocycles. The molecule has 7 unspecified atom stereocenters. The van der Waals surface area contributed by atoms with Gasteiger partial charge in [-0.1, -0.05) is 73.6 Å². The van der Waals surface area contributed by atoms with Crippen molar-refractivity contribution in [3.05, 3.63) is 0 Å². The number of alkyl halides is 2. The predicted octanol–water partition coefficient (Wildman–Crippen LogP) is 7.61. The predicted molar refractivity (Wildman–Crippen MR) is 102 cm³/mol. The summed E-state index contributed by atoms with van der Waals surface area (Å²) in [5.41, 5.74) is 0. The van der Waals surface area contributed by atoms with E-state index in [0.717, 1.165) is 43.4 Å². The second kappa shape index (κ2) is 10.8. The van der Waals surface area contributed by atoms with Crippen LogP contribution in [0.1, 0.15) is 92.9 Å². The third kappa shape index (κ3) is 7.40. The van der Waals surface area contributed by atoms with E-state index in [4.69, 9.17) is 0 Å². The largest absolute Gasteiger partial charge is 0.244 e. The van der Waals surface area contributed by atoms with Crippen molar-refractivity contribution >= 4 is 0 Å². The summed E-state index contributed by atoms with van der Waals surface area (Å²) in [5, 5.41) is 0. The molecule has 0 nitrogen and oxygen atoms in total. The Morgan fingerprint density at radius 3 is 1.92 bits per heavy atom. The highest BCUT2D eigenvalue weighted by molar-refractivity contribution is 4.86. The molecule has 2 heteroatoms. The smallest absolute Gasteiger partial charge is 0.134 e. The Morgan fingerprint density at radius 2 is 1.33 bits per heavy atom. The monoisotopic (exact) mass is 344 g/mol. The minimum Gasteiger partial charge on any atom is -0.244 e. The van der Waals surface area contributed by atoms with Crippen LogP contribution < -0.4 is 0 Å². The van der Waals surface area contributed by atoms with Gasteiger partial charge in [0.2, 0.25) is 0 Å². The van der Waals surface area contributed by atoms with Gasteiger partial charge < -0.3 is 0 Å². The molecule has 0 spiro atoms. The fraction of sp³-hybridized carbons (Fsp3) is 1.00. The number of hydrogen-bond donors (Lipinski definition) is 0. The lowest BCUT2D eigenvalue weighted by Gasteiger charge is -2.33. The zero-order chi connectivity index (χ0) is 18.3. The molecule has 0 N–H and O–H groups in total. The molecule has 0 bridgehead atoms. The number of halogens is 2. The molecule has 0 heterocycles. The van der Waals surface area contributed by atoms with E-state index in [1.165, 1.54) is 25.7 Å². The van der Waals surface area contributed by atoms with Gasteiger partial charge in [0.25, 0.3) is 0 Å². The van der Waals surface area contributed by atoms with E-state index in [1.807, 2.05) is 6.92 Å². The molecule has 0 radical (unpaired) electrons. The Balaban J connectivity index is 2.23. The Morgan fingerprint density at radius 1 is 0.750 bits per heavy atom. The molecule has 0 aromatic heterocycles. The van der Waals surface area contributed by atoms with Gasteiger partial charge in [0.1, 0.15) is 12.3 Å². The van der Waals surface area contributed by atoms with Crippen molar-refractivity contribution in [1.29, 1.82) is 0 Å². The zero-order valence-electron chi connectivity index (χ0n) is 17.0. The van der Waals surface area contributed by atoms with Crippen molar-refractivity contribution < 1.29 is 8.78 Å². The molecular weight excluding hydrogens is 302 g/mol. The van der Waals surface area contributed by atoms with Crippen molar-refractivity contribution in [2.75, 3.05) is 0 Å². The Labute approximate surface area is 150 Å². The fourth-order valence-electron chi connectivity index (χ4n) is 4.03. The van der Waals surface area contributed by atoms with Crippen molar-refractivity contribution in [3.8, 4) is 0 Å². The van der Waals surface area contributed by atoms with Crippen molar-refractivity contribution in [3.63, 3.8) is 0 Å². The molecule has 0 amide bonds. The Bertz CT molecular complexity index is 328. The molecule has 1 saturated carbocycles. The highest BCUT2D eigenvalue weighted by atomic mass is 19.2. The molecule has 24 heavy (non-hydrogen) atoms. The number of rotatable bonds is 10. The highest BCUT2D eigenvalue weighted by Gasteiger charge is 2.37. The van der Waals surface area contributed by atoms with Gasteiger partial charge in [-0.25, -0.2) is 8.78 Å². The summed E-state index contributed by atoms with van der Waals surface area (Å²) in [6, 6.07) is 0. The second-order valence-corrected chi connectivity index (χ2v) is 9.39. The first-order valence-corrected chi connectivity index (χ1v) is 10.5. The summed E-state index contributed by atoms with van der Waals surface area (Å²) in [6.07, 6.45) is 6.34. The van der Waals surface area contributed by atoms with E-state index in [-0.39, 0.29) is 11.8 Å². The molecular formula is C22H42F2. The van der Waals surface area contributed by atoms with Crippen LogP contribution in [0.3, 0.4) is 0 Å². The van der Waals surface area contributed by atoms with E-state index < -0.39 is 12.3 Å². The number of hydrogen-bond acceptors (Lipinski definition) is 0. The van der Waals surface area contributed by atoms with E-state index in [9.17, 15) is 8.78 Å². The van der Waals surface area contributed by atoms with Crippen LogP contribution in [0.4, 0.5) is 8.78 Å². The summed E-state index contributed by atoms with van der Waals surface area (Å²) in [6.45, 7) is 13.5. The molecule has 0 aromatic carbocycles. The minimum atomic E-state index is -1.24. The van der Waals surface area contributed by atoms with Crippen molar-refractivity contribution in [2.24, 2.45) is 35.5 Å². The lowest BCUT2D eigenvalue weighted by Crippen LogP contribution is -2.36. The summed E-state index contributed by atoms with van der Waals surface area (Å²) >= 11 is 0. The van der Waals surface area contributed by atoms with Crippen LogP contribution in [0, 0.1) is 35.5 Å². The molecule has 144 valence electrons. The van der Waals surface area contributed by atoms with Gasteiger partial charge in [0.15, 0.2) is 0 Å². The zero-order valence-corrected chi connectivity index (χ0v) is 17.0. The van der Waals surface area contributed by atoms with Gasteiger partial charge in [-0.05, 0) is 54.8 Å². The van der Waals surface area contributed by atoms with Crippen LogP contribution in [0.5, 0.6) is 0 Å². The standard InChI is InChI=1S/C22H42F2/c1-15(2)7-10-17(4)18(5)11-8-16(3)9-13-20-14-12-19(6)21(23)22(20)24/h15-22H,7-14H2,1-6H3. The highest BCUT2D eigenvalue weighted by Crippen LogP contribution is 2.37. The van der Waals surface area contributed by atoms with Crippen LogP contribution in [0.2, 0.25) is 0 Å². The SMILES string of the molecule is CC(C)CCC(C)C(C)CCC(C)CCC1CCC(C)C(F)C1F. The van der Waals surface area contributed by atoms with Crippen molar-refractivity contribution in [1.82, 2.24) is 0 Å². The van der Waals surface area contributed by atoms with Gasteiger partial charge >= 0.3 is 0 Å². The first-order chi connectivity index (χ1) is 11.2. The molecule has 0 aromatic rings. The normalized spacial score (nSPS) is 31.9. The van der Waals surface area contributed by atoms with Crippen LogP contribution in [-0.2, 0) is 0 Å². The summed E-state index contributed by atoms with van der Waals surface area (Å²) in [4.78, 5) is 0. The summed E-state index contributed by atoms with van der Waals surface area (Å²) in [7, 11) is 0. The molecule has 7 atom stereocenters. The molecule has 1 rings (SSSR count). The topological polar surface area (TPSA) is 0 Å². The third-order valence-electron chi connectivity index (χ3n) is 6.61. The summed E-state index contributed by atoms with van der Waals surface area (Å²) in [5.74, 6) is 2.86. The third-order valence-corrected chi connectivity index (χ3v) is 6.61. The van der Waals surface area contributed by atoms with E-state index in [1.54, 1.807) is 0 Å². The van der Waals surface area contributed by atoms with Crippen molar-refractivity contribution in [2.45, 2.75) is 105 Å². The van der Waals surface area contributed by atoms with Gasteiger partial charge in [-0.3, -0.25) is 0 Å². The first-order valence-electron chi connectivity index (χ1n) is 10.5. The average Bonchev–Trinajstić information content (AvgIpc) is 2.54. The quantitative estimate of drug-likeness (QED) is 0.382. The van der Waals surface area contributed by atoms with E-state index in [0.29, 0.717) is 5.92 Å². The van der Waals surface area contributed by atoms with Gasteiger partial charge in [-0.2, -0.15) is 0 Å². The second-order valence-electron chi connectivity index (χ2n) is 9.39. The lowest BCUT2D eigenvalue weighted by atomic mass is 9.76. The maximum atomic E-state index is 14.1. The molecule has 0 saturated heterocycles. The van der Waals surface area contributed by atoms with Crippen LogP contribution in [-0.4, -0.2) is 12.3 Å². The van der Waals surface area contributed by atoms with Gasteiger partial charge in [0.05, 0.1) is 0 Å². The Hall–Kier alpha value is -0.140. The van der Waals surface area contributed by atoms with E-state index >= 15 is 0 Å². The molecule has 1 aliphatic carbocycles. The minimum absolute atomic E-state index is 0.0407. The summed E-state index contributed by atoms with van der Waals surface area (Å²) < 4.78 is 28.0. The average molecular weight is 345 g/mol. The molecule has 1 aliphatic rings. The maximum Gasteiger partial charge on any atom is 0.134 e. The Kier molecular flexibility index (Phi) is 9.82. The fourth-order valence-corrected chi connectivity index (χ4v) is 4.03. The van der Waals surface area contributed by atoms with Crippen LogP contribution in [0.15, 0.2) is 0 Å². The van der Waals surface area contributed by atoms with Gasteiger partial charge in [0, 0.05) is 0 Å². The van der Waals surface area contributed by atoms with Crippen LogP contribution in [0.25, 0.3) is 0 Å². The van der Waals surface area contributed by atoms with Crippen LogP contribution >= 0.6 is 0 Å². The molecule has 1 fully saturated rings. The van der Waals surface area contributed by atoms with E-state index in [2.05, 4.69) is 34.6 Å². The lowest BCUT2D eigenvalue weighted by molar-refractivity contribution is 0.0239. The van der Waals surface area contributed by atoms with Gasteiger partial charge in [-0.15, -0.1) is 0 Å².